The minimum absolute atomic E-state index is 0.0404. The average Bonchev–Trinajstić information content (AvgIpc) is 2.33. The van der Waals surface area contributed by atoms with Crippen molar-refractivity contribution in [1.82, 2.24) is 0 Å². The molecule has 0 saturated carbocycles. The maximum absolute atomic E-state index is 12.7. The van der Waals surface area contributed by atoms with Crippen LogP contribution < -0.4 is 5.73 Å². The zero-order chi connectivity index (χ0) is 15.5. The zero-order valence-corrected chi connectivity index (χ0v) is 12.2. The van der Waals surface area contributed by atoms with E-state index in [0.717, 1.165) is 18.6 Å². The summed E-state index contributed by atoms with van der Waals surface area (Å²) < 4.78 is 38.1. The molecule has 3 N–H and O–H groups in total. The van der Waals surface area contributed by atoms with Crippen LogP contribution in [0.25, 0.3) is 0 Å². The highest BCUT2D eigenvalue weighted by atomic mass is 35.5. The first kappa shape index (κ1) is 17.3. The highest BCUT2D eigenvalue weighted by Crippen LogP contribution is 2.33. The monoisotopic (exact) mass is 309 g/mol. The molecule has 0 saturated heterocycles. The Kier molecular flexibility index (Phi) is 5.86. The summed E-state index contributed by atoms with van der Waals surface area (Å²) >= 11 is 5.70. The van der Waals surface area contributed by atoms with Crippen LogP contribution in [-0.2, 0) is 6.18 Å². The molecule has 0 bridgehead atoms. The SMILES string of the molecule is CC(C)CC[C@H](O)[C@H](N)c1cc(Cl)cc(C(F)(F)F)c1. The summed E-state index contributed by atoms with van der Waals surface area (Å²) in [6, 6.07) is 2.27. The van der Waals surface area contributed by atoms with Gasteiger partial charge in [-0.1, -0.05) is 25.4 Å². The topological polar surface area (TPSA) is 46.2 Å². The fourth-order valence-electron chi connectivity index (χ4n) is 1.87. The Morgan fingerprint density at radius 2 is 1.80 bits per heavy atom. The molecule has 1 aromatic rings. The number of aliphatic hydroxyl groups is 1. The van der Waals surface area contributed by atoms with Crippen LogP contribution in [0.3, 0.4) is 0 Å². The Labute approximate surface area is 121 Å². The van der Waals surface area contributed by atoms with Crippen LogP contribution in [-0.4, -0.2) is 11.2 Å². The third-order valence-electron chi connectivity index (χ3n) is 3.09. The quantitative estimate of drug-likeness (QED) is 0.858. The van der Waals surface area contributed by atoms with Gasteiger partial charge in [-0.25, -0.2) is 0 Å². The molecule has 20 heavy (non-hydrogen) atoms. The van der Waals surface area contributed by atoms with E-state index in [4.69, 9.17) is 17.3 Å². The van der Waals surface area contributed by atoms with Crippen LogP contribution in [0.1, 0.15) is 43.9 Å². The van der Waals surface area contributed by atoms with Gasteiger partial charge in [-0.15, -0.1) is 0 Å². The predicted octanol–water partition coefficient (Wildman–Crippen LogP) is 4.16. The van der Waals surface area contributed by atoms with E-state index in [1.54, 1.807) is 0 Å². The summed E-state index contributed by atoms with van der Waals surface area (Å²) in [6.45, 7) is 4.00. The van der Waals surface area contributed by atoms with Gasteiger partial charge in [-0.05, 0) is 42.5 Å². The molecule has 0 spiro atoms. The van der Waals surface area contributed by atoms with E-state index in [2.05, 4.69) is 0 Å². The lowest BCUT2D eigenvalue weighted by atomic mass is 9.95. The summed E-state index contributed by atoms with van der Waals surface area (Å²) in [5.41, 5.74) is 5.17. The van der Waals surface area contributed by atoms with Crippen LogP contribution in [0.2, 0.25) is 5.02 Å². The van der Waals surface area contributed by atoms with Crippen molar-refractivity contribution in [1.29, 1.82) is 0 Å². The van der Waals surface area contributed by atoms with Gasteiger partial charge in [0, 0.05) is 5.02 Å². The number of halogens is 4. The van der Waals surface area contributed by atoms with Crippen molar-refractivity contribution in [3.63, 3.8) is 0 Å². The Balaban J connectivity index is 2.92. The molecule has 0 fully saturated rings. The molecule has 0 aliphatic carbocycles. The molecule has 114 valence electrons. The first-order valence-electron chi connectivity index (χ1n) is 6.42. The van der Waals surface area contributed by atoms with Crippen molar-refractivity contribution in [3.05, 3.63) is 34.3 Å². The van der Waals surface area contributed by atoms with Crippen molar-refractivity contribution in [2.45, 2.75) is 45.0 Å². The fraction of sp³-hybridized carbons (Fsp3) is 0.571. The van der Waals surface area contributed by atoms with Crippen molar-refractivity contribution < 1.29 is 18.3 Å². The summed E-state index contributed by atoms with van der Waals surface area (Å²) in [7, 11) is 0. The zero-order valence-electron chi connectivity index (χ0n) is 11.4. The smallest absolute Gasteiger partial charge is 0.391 e. The van der Waals surface area contributed by atoms with E-state index in [-0.39, 0.29) is 10.6 Å². The second kappa shape index (κ2) is 6.78. The van der Waals surface area contributed by atoms with Gasteiger partial charge in [0.25, 0.3) is 0 Å². The molecule has 0 aliphatic heterocycles. The van der Waals surface area contributed by atoms with Crippen LogP contribution in [0, 0.1) is 5.92 Å². The van der Waals surface area contributed by atoms with E-state index >= 15 is 0 Å². The van der Waals surface area contributed by atoms with Crippen LogP contribution in [0.5, 0.6) is 0 Å². The number of rotatable bonds is 5. The number of nitrogens with two attached hydrogens (primary N) is 1. The van der Waals surface area contributed by atoms with Gasteiger partial charge in [-0.3, -0.25) is 0 Å². The highest BCUT2D eigenvalue weighted by Gasteiger charge is 2.32. The third-order valence-corrected chi connectivity index (χ3v) is 3.30. The molecule has 1 aromatic carbocycles. The standard InChI is InChI=1S/C14H19ClF3NO/c1-8(2)3-4-12(20)13(19)9-5-10(14(16,17)18)7-11(15)6-9/h5-8,12-13,20H,3-4,19H2,1-2H3/t12-,13+/m0/s1. The third kappa shape index (κ3) is 4.96. The first-order valence-corrected chi connectivity index (χ1v) is 6.80. The minimum atomic E-state index is -4.48. The van der Waals surface area contributed by atoms with Gasteiger partial charge in [0.15, 0.2) is 0 Å². The average molecular weight is 310 g/mol. The molecule has 6 heteroatoms. The second-order valence-electron chi connectivity index (χ2n) is 5.34. The van der Waals surface area contributed by atoms with E-state index in [1.165, 1.54) is 6.07 Å². The van der Waals surface area contributed by atoms with Gasteiger partial charge < -0.3 is 10.8 Å². The number of hydrogen-bond acceptors (Lipinski definition) is 2. The summed E-state index contributed by atoms with van der Waals surface area (Å²) in [5, 5.41) is 9.91. The Morgan fingerprint density at radius 1 is 1.20 bits per heavy atom. The molecule has 0 unspecified atom stereocenters. The number of hydrogen-bond donors (Lipinski definition) is 2. The van der Waals surface area contributed by atoms with Gasteiger partial charge in [0.05, 0.1) is 17.7 Å². The van der Waals surface area contributed by atoms with Crippen molar-refractivity contribution in [2.75, 3.05) is 0 Å². The molecule has 0 aliphatic rings. The van der Waals surface area contributed by atoms with Crippen molar-refractivity contribution in [3.8, 4) is 0 Å². The molecule has 0 amide bonds. The van der Waals surface area contributed by atoms with E-state index in [1.807, 2.05) is 13.8 Å². The highest BCUT2D eigenvalue weighted by molar-refractivity contribution is 6.30. The van der Waals surface area contributed by atoms with E-state index in [9.17, 15) is 18.3 Å². The Morgan fingerprint density at radius 3 is 2.30 bits per heavy atom. The van der Waals surface area contributed by atoms with Gasteiger partial charge >= 0.3 is 6.18 Å². The number of alkyl halides is 3. The van der Waals surface area contributed by atoms with Crippen LogP contribution in [0.15, 0.2) is 18.2 Å². The molecular formula is C14H19ClF3NO. The van der Waals surface area contributed by atoms with Crippen LogP contribution >= 0.6 is 11.6 Å². The largest absolute Gasteiger partial charge is 0.416 e. The van der Waals surface area contributed by atoms with Crippen molar-refractivity contribution in [2.24, 2.45) is 11.7 Å². The Hall–Kier alpha value is -0.780. The second-order valence-corrected chi connectivity index (χ2v) is 5.77. The maximum atomic E-state index is 12.7. The predicted molar refractivity (Wildman–Crippen MR) is 73.5 cm³/mol. The minimum Gasteiger partial charge on any atom is -0.391 e. The molecule has 0 radical (unpaired) electrons. The summed E-state index contributed by atoms with van der Waals surface area (Å²) in [6.07, 6.45) is -4.19. The normalized spacial score (nSPS) is 15.4. The summed E-state index contributed by atoms with van der Waals surface area (Å²) in [4.78, 5) is 0. The van der Waals surface area contributed by atoms with Gasteiger partial charge in [0.1, 0.15) is 0 Å². The lowest BCUT2D eigenvalue weighted by Gasteiger charge is -2.21. The summed E-state index contributed by atoms with van der Waals surface area (Å²) in [5.74, 6) is 0.391. The molecule has 0 heterocycles. The van der Waals surface area contributed by atoms with Gasteiger partial charge in [-0.2, -0.15) is 13.2 Å². The maximum Gasteiger partial charge on any atom is 0.416 e. The Bertz CT molecular complexity index is 449. The van der Waals surface area contributed by atoms with Crippen LogP contribution in [0.4, 0.5) is 13.2 Å². The molecule has 1 rings (SSSR count). The molecule has 2 nitrogen and oxygen atoms in total. The fourth-order valence-corrected chi connectivity index (χ4v) is 2.12. The van der Waals surface area contributed by atoms with Crippen molar-refractivity contribution >= 4 is 11.6 Å². The molecule has 0 aromatic heterocycles. The first-order chi connectivity index (χ1) is 9.11. The number of benzene rings is 1. The molecular weight excluding hydrogens is 291 g/mol. The van der Waals surface area contributed by atoms with E-state index in [0.29, 0.717) is 12.3 Å². The lowest BCUT2D eigenvalue weighted by Crippen LogP contribution is -2.27. The van der Waals surface area contributed by atoms with E-state index < -0.39 is 23.9 Å². The number of aliphatic hydroxyl groups excluding tert-OH is 1. The lowest BCUT2D eigenvalue weighted by molar-refractivity contribution is -0.137. The van der Waals surface area contributed by atoms with Gasteiger partial charge in [0.2, 0.25) is 0 Å². The molecule has 2 atom stereocenters.